The molecule has 1 aromatic heterocycles. The van der Waals surface area contributed by atoms with Crippen molar-refractivity contribution in [3.05, 3.63) is 16.1 Å². The van der Waals surface area contributed by atoms with Crippen LogP contribution in [0.25, 0.3) is 0 Å². The number of carbonyl (C=O) groups excluding carboxylic acids is 1. The smallest absolute Gasteiger partial charge is 0.305 e. The number of rotatable bonds is 7. The molecule has 0 fully saturated rings. The Labute approximate surface area is 109 Å². The van der Waals surface area contributed by atoms with E-state index in [2.05, 4.69) is 10.3 Å². The second kappa shape index (κ2) is 7.07. The lowest BCUT2D eigenvalue weighted by Crippen LogP contribution is -2.36. The topological polar surface area (TPSA) is 105 Å². The number of carbonyl (C=O) groups is 2. The highest BCUT2D eigenvalue weighted by molar-refractivity contribution is 7.09. The van der Waals surface area contributed by atoms with Crippen LogP contribution in [0, 0.1) is 0 Å². The lowest BCUT2D eigenvalue weighted by molar-refractivity contribution is -0.137. The molecule has 1 aromatic rings. The fourth-order valence-electron chi connectivity index (χ4n) is 1.55. The fourth-order valence-corrected chi connectivity index (χ4v) is 2.21. The normalized spacial score (nSPS) is 12.1. The molecule has 0 aliphatic heterocycles. The first-order chi connectivity index (χ1) is 8.56. The molecule has 0 bridgehead atoms. The Morgan fingerprint density at radius 2 is 2.33 bits per heavy atom. The zero-order valence-electron chi connectivity index (χ0n) is 10.2. The van der Waals surface area contributed by atoms with Crippen LogP contribution in [0.5, 0.6) is 0 Å². The van der Waals surface area contributed by atoms with Crippen molar-refractivity contribution >= 4 is 23.2 Å². The van der Waals surface area contributed by atoms with E-state index in [0.717, 1.165) is 6.42 Å². The molecule has 0 aliphatic carbocycles. The molecule has 4 N–H and O–H groups in total. The number of carboxylic acids is 1. The van der Waals surface area contributed by atoms with Crippen molar-refractivity contribution in [3.8, 4) is 0 Å². The fraction of sp³-hybridized carbons (Fsp3) is 0.545. The number of aliphatic carboxylic acids is 1. The third kappa shape index (κ3) is 4.42. The predicted octanol–water partition coefficient (Wildman–Crippen LogP) is 0.975. The molecule has 0 saturated heterocycles. The highest BCUT2D eigenvalue weighted by Crippen LogP contribution is 2.10. The van der Waals surface area contributed by atoms with Crippen LogP contribution in [-0.2, 0) is 11.3 Å². The molecule has 0 aromatic carbocycles. The molecule has 0 aliphatic rings. The van der Waals surface area contributed by atoms with Crippen molar-refractivity contribution in [1.29, 1.82) is 0 Å². The van der Waals surface area contributed by atoms with Gasteiger partial charge in [0.15, 0.2) is 0 Å². The van der Waals surface area contributed by atoms with Crippen LogP contribution >= 0.6 is 11.3 Å². The van der Waals surface area contributed by atoms with Gasteiger partial charge >= 0.3 is 5.97 Å². The van der Waals surface area contributed by atoms with Gasteiger partial charge < -0.3 is 16.2 Å². The van der Waals surface area contributed by atoms with Crippen LogP contribution in [-0.4, -0.2) is 28.0 Å². The van der Waals surface area contributed by atoms with Crippen LogP contribution in [0.2, 0.25) is 0 Å². The van der Waals surface area contributed by atoms with Crippen molar-refractivity contribution in [1.82, 2.24) is 10.3 Å². The molecule has 1 amide bonds. The van der Waals surface area contributed by atoms with Gasteiger partial charge in [0.05, 0.1) is 6.42 Å². The second-order valence-corrected chi connectivity index (χ2v) is 4.83. The van der Waals surface area contributed by atoms with Crippen molar-refractivity contribution in [2.75, 3.05) is 0 Å². The summed E-state index contributed by atoms with van der Waals surface area (Å²) in [7, 11) is 0. The molecule has 18 heavy (non-hydrogen) atoms. The summed E-state index contributed by atoms with van der Waals surface area (Å²) in [6.45, 7) is 2.24. The Balaban J connectivity index is 2.62. The number of hydrogen-bond acceptors (Lipinski definition) is 5. The van der Waals surface area contributed by atoms with E-state index in [4.69, 9.17) is 10.8 Å². The van der Waals surface area contributed by atoms with E-state index >= 15 is 0 Å². The molecule has 7 heteroatoms. The van der Waals surface area contributed by atoms with E-state index in [1.165, 1.54) is 11.3 Å². The highest BCUT2D eigenvalue weighted by Gasteiger charge is 2.17. The van der Waals surface area contributed by atoms with Crippen molar-refractivity contribution < 1.29 is 14.7 Å². The molecule has 1 atom stereocenters. The first-order valence-electron chi connectivity index (χ1n) is 5.74. The van der Waals surface area contributed by atoms with E-state index in [-0.39, 0.29) is 18.4 Å². The minimum atomic E-state index is -0.922. The van der Waals surface area contributed by atoms with Crippen LogP contribution in [0.1, 0.15) is 41.7 Å². The molecule has 1 unspecified atom stereocenters. The summed E-state index contributed by atoms with van der Waals surface area (Å²) in [6, 6.07) is -0.358. The summed E-state index contributed by atoms with van der Waals surface area (Å²) in [4.78, 5) is 26.6. The molecule has 0 radical (unpaired) electrons. The lowest BCUT2D eigenvalue weighted by atomic mass is 10.1. The number of nitrogens with one attached hydrogen (secondary N) is 1. The summed E-state index contributed by atoms with van der Waals surface area (Å²) >= 11 is 1.32. The lowest BCUT2D eigenvalue weighted by Gasteiger charge is -2.15. The third-order valence-electron chi connectivity index (χ3n) is 2.35. The first kappa shape index (κ1) is 14.6. The number of amides is 1. The monoisotopic (exact) mass is 271 g/mol. The number of carboxylic acid groups (broad SMARTS) is 1. The van der Waals surface area contributed by atoms with Crippen LogP contribution in [0.3, 0.4) is 0 Å². The molecule has 0 saturated carbocycles. The Morgan fingerprint density at radius 3 is 2.83 bits per heavy atom. The number of nitrogens with zero attached hydrogens (tertiary/aromatic N) is 1. The van der Waals surface area contributed by atoms with E-state index in [1.54, 1.807) is 5.38 Å². The number of aromatic nitrogens is 1. The average molecular weight is 271 g/mol. The van der Waals surface area contributed by atoms with E-state index in [1.807, 2.05) is 6.92 Å². The number of hydrogen-bond donors (Lipinski definition) is 3. The molecule has 6 nitrogen and oxygen atoms in total. The molecular weight excluding hydrogens is 254 g/mol. The predicted molar refractivity (Wildman–Crippen MR) is 68.4 cm³/mol. The van der Waals surface area contributed by atoms with E-state index in [0.29, 0.717) is 23.7 Å². The molecule has 0 spiro atoms. The zero-order chi connectivity index (χ0) is 13.5. The average Bonchev–Trinajstić information content (AvgIpc) is 2.76. The Hall–Kier alpha value is -1.47. The summed E-state index contributed by atoms with van der Waals surface area (Å²) in [5.74, 6) is -1.26. The van der Waals surface area contributed by atoms with Gasteiger partial charge in [0, 0.05) is 18.0 Å². The van der Waals surface area contributed by atoms with E-state index < -0.39 is 5.97 Å². The van der Waals surface area contributed by atoms with Gasteiger partial charge in [-0.05, 0) is 6.42 Å². The van der Waals surface area contributed by atoms with Gasteiger partial charge in [-0.2, -0.15) is 0 Å². The minimum absolute atomic E-state index is 0.0759. The van der Waals surface area contributed by atoms with Crippen LogP contribution in [0.4, 0.5) is 0 Å². The maximum Gasteiger partial charge on any atom is 0.305 e. The largest absolute Gasteiger partial charge is 0.481 e. The highest BCUT2D eigenvalue weighted by atomic mass is 32.1. The van der Waals surface area contributed by atoms with Gasteiger partial charge in [0.2, 0.25) is 0 Å². The summed E-state index contributed by atoms with van der Waals surface area (Å²) in [6.07, 6.45) is 1.36. The van der Waals surface area contributed by atoms with Crippen molar-refractivity contribution in [2.45, 2.75) is 38.8 Å². The van der Waals surface area contributed by atoms with Gasteiger partial charge in [0.25, 0.3) is 5.91 Å². The molecule has 1 rings (SSSR count). The Morgan fingerprint density at radius 1 is 1.61 bits per heavy atom. The maximum atomic E-state index is 11.8. The molecule has 1 heterocycles. The first-order valence-corrected chi connectivity index (χ1v) is 6.61. The number of thiazole rings is 1. The second-order valence-electron chi connectivity index (χ2n) is 3.89. The number of nitrogens with two attached hydrogens (primary N) is 1. The van der Waals surface area contributed by atoms with Gasteiger partial charge in [-0.15, -0.1) is 11.3 Å². The Bertz CT molecular complexity index is 419. The maximum absolute atomic E-state index is 11.8. The summed E-state index contributed by atoms with van der Waals surface area (Å²) < 4.78 is 0. The molecule has 100 valence electrons. The standard InChI is InChI=1S/C11H17N3O3S/c1-2-3-7(4-10(15)16)13-11(17)8-6-18-9(5-12)14-8/h6-7H,2-5,12H2,1H3,(H,13,17)(H,15,16). The van der Waals surface area contributed by atoms with Crippen LogP contribution < -0.4 is 11.1 Å². The molecular formula is C11H17N3O3S. The van der Waals surface area contributed by atoms with Gasteiger partial charge in [0.1, 0.15) is 10.7 Å². The SMILES string of the molecule is CCCC(CC(=O)O)NC(=O)c1csc(CN)n1. The summed E-state index contributed by atoms with van der Waals surface area (Å²) in [5, 5.41) is 13.8. The van der Waals surface area contributed by atoms with Crippen molar-refractivity contribution in [2.24, 2.45) is 5.73 Å². The van der Waals surface area contributed by atoms with Gasteiger partial charge in [-0.25, -0.2) is 4.98 Å². The van der Waals surface area contributed by atoms with Gasteiger partial charge in [-0.3, -0.25) is 9.59 Å². The third-order valence-corrected chi connectivity index (χ3v) is 3.22. The van der Waals surface area contributed by atoms with Gasteiger partial charge in [-0.1, -0.05) is 13.3 Å². The minimum Gasteiger partial charge on any atom is -0.481 e. The summed E-state index contributed by atoms with van der Waals surface area (Å²) in [5.41, 5.74) is 5.71. The quantitative estimate of drug-likeness (QED) is 0.685. The van der Waals surface area contributed by atoms with E-state index in [9.17, 15) is 9.59 Å². The van der Waals surface area contributed by atoms with Crippen LogP contribution in [0.15, 0.2) is 5.38 Å². The van der Waals surface area contributed by atoms with Crippen molar-refractivity contribution in [3.63, 3.8) is 0 Å². The zero-order valence-corrected chi connectivity index (χ0v) is 11.0. The Kier molecular flexibility index (Phi) is 5.73.